The molecule has 5 rings (SSSR count). The first-order valence-electron chi connectivity index (χ1n) is 12.8. The van der Waals surface area contributed by atoms with Crippen LogP contribution in [0.25, 0.3) is 0 Å². The molecular weight excluding hydrogens is 440 g/mol. The van der Waals surface area contributed by atoms with Crippen molar-refractivity contribution in [2.75, 3.05) is 11.5 Å². The monoisotopic (exact) mass is 474 g/mol. The largest absolute Gasteiger partial charge is 0.494 e. The Hall–Kier alpha value is -3.15. The maximum absolute atomic E-state index is 13.9. The lowest BCUT2D eigenvalue weighted by Gasteiger charge is -2.37. The van der Waals surface area contributed by atoms with Crippen LogP contribution in [-0.2, 0) is 14.3 Å². The molecule has 2 aromatic rings. The van der Waals surface area contributed by atoms with E-state index in [1.54, 1.807) is 4.90 Å². The highest BCUT2D eigenvalue weighted by Gasteiger charge is 2.53. The Morgan fingerprint density at radius 1 is 1.14 bits per heavy atom. The maximum atomic E-state index is 13.9. The van der Waals surface area contributed by atoms with Crippen molar-refractivity contribution in [2.24, 2.45) is 17.8 Å². The van der Waals surface area contributed by atoms with Gasteiger partial charge >= 0.3 is 0 Å². The van der Waals surface area contributed by atoms with Gasteiger partial charge in [-0.05, 0) is 74.3 Å². The molecule has 0 N–H and O–H groups in total. The highest BCUT2D eigenvalue weighted by atomic mass is 16.5. The number of pyridine rings is 1. The summed E-state index contributed by atoms with van der Waals surface area (Å²) >= 11 is 0. The summed E-state index contributed by atoms with van der Waals surface area (Å²) in [6.45, 7) is 9.03. The summed E-state index contributed by atoms with van der Waals surface area (Å²) in [7, 11) is 0. The summed E-state index contributed by atoms with van der Waals surface area (Å²) in [6.07, 6.45) is 3.33. The van der Waals surface area contributed by atoms with E-state index in [0.717, 1.165) is 42.7 Å². The predicted octanol–water partition coefficient (Wildman–Crippen LogP) is 5.56. The van der Waals surface area contributed by atoms with Crippen LogP contribution in [0.2, 0.25) is 0 Å². The zero-order valence-electron chi connectivity index (χ0n) is 21.0. The number of amides is 1. The van der Waals surface area contributed by atoms with Crippen LogP contribution in [0.1, 0.15) is 63.8 Å². The van der Waals surface area contributed by atoms with Crippen molar-refractivity contribution in [1.29, 1.82) is 0 Å². The second-order valence-electron chi connectivity index (χ2n) is 10.6. The summed E-state index contributed by atoms with van der Waals surface area (Å²) in [5.74, 6) is 2.01. The van der Waals surface area contributed by atoms with E-state index in [9.17, 15) is 9.59 Å². The molecule has 1 amide bonds. The smallest absolute Gasteiger partial charge is 0.295 e. The van der Waals surface area contributed by atoms with E-state index in [-0.39, 0.29) is 29.5 Å². The Kier molecular flexibility index (Phi) is 6.39. The lowest BCUT2D eigenvalue weighted by Crippen LogP contribution is -2.41. The Bertz CT molecular complexity index is 1170. The molecule has 6 heteroatoms. The summed E-state index contributed by atoms with van der Waals surface area (Å²) in [5, 5.41) is 0. The van der Waals surface area contributed by atoms with Crippen molar-refractivity contribution in [3.05, 3.63) is 65.1 Å². The molecule has 0 saturated heterocycles. The molecule has 3 aliphatic rings. The summed E-state index contributed by atoms with van der Waals surface area (Å²) in [5.41, 5.74) is 2.10. The molecule has 4 atom stereocenters. The summed E-state index contributed by atoms with van der Waals surface area (Å²) in [4.78, 5) is 34.0. The number of Topliss-reactive ketones (excluding diaryl/α,β-unsaturated/α-hetero) is 1. The number of rotatable bonds is 6. The minimum absolute atomic E-state index is 0.0439. The fraction of sp³-hybridized carbons (Fsp3) is 0.483. The van der Waals surface area contributed by atoms with Gasteiger partial charge in [-0.25, -0.2) is 4.98 Å². The number of fused-ring (bicyclic) bond motifs is 1. The molecule has 4 unspecified atom stereocenters. The Labute approximate surface area is 207 Å². The lowest BCUT2D eigenvalue weighted by atomic mass is 9.74. The zero-order chi connectivity index (χ0) is 24.7. The van der Waals surface area contributed by atoms with Gasteiger partial charge in [-0.1, -0.05) is 39.0 Å². The van der Waals surface area contributed by atoms with Gasteiger partial charge in [0.1, 0.15) is 17.7 Å². The maximum Gasteiger partial charge on any atom is 0.295 e. The average Bonchev–Trinajstić information content (AvgIpc) is 3.12. The van der Waals surface area contributed by atoms with Crippen molar-refractivity contribution >= 4 is 17.5 Å². The van der Waals surface area contributed by atoms with Gasteiger partial charge in [-0.15, -0.1) is 0 Å². The van der Waals surface area contributed by atoms with Crippen LogP contribution in [0.4, 0.5) is 5.82 Å². The van der Waals surface area contributed by atoms with E-state index < -0.39 is 6.04 Å². The normalized spacial score (nSPS) is 26.0. The number of benzene rings is 1. The third-order valence-electron chi connectivity index (χ3n) is 7.37. The van der Waals surface area contributed by atoms with Crippen LogP contribution in [0.5, 0.6) is 5.75 Å². The first-order chi connectivity index (χ1) is 16.8. The molecule has 1 fully saturated rings. The molecule has 0 spiro atoms. The minimum Gasteiger partial charge on any atom is -0.494 e. The third kappa shape index (κ3) is 4.46. The topological polar surface area (TPSA) is 68.7 Å². The van der Waals surface area contributed by atoms with Crippen LogP contribution in [-0.4, -0.2) is 29.4 Å². The lowest BCUT2D eigenvalue weighted by molar-refractivity contribution is -0.132. The Morgan fingerprint density at radius 3 is 2.71 bits per heavy atom. The van der Waals surface area contributed by atoms with Crippen molar-refractivity contribution in [1.82, 2.24) is 4.98 Å². The fourth-order valence-corrected chi connectivity index (χ4v) is 5.48. The molecule has 0 radical (unpaired) electrons. The molecule has 0 bridgehead atoms. The van der Waals surface area contributed by atoms with E-state index in [1.807, 2.05) is 49.4 Å². The molecule has 1 aliphatic carbocycles. The molecule has 184 valence electrons. The third-order valence-corrected chi connectivity index (χ3v) is 7.37. The van der Waals surface area contributed by atoms with Crippen molar-refractivity contribution in [3.8, 4) is 5.75 Å². The number of aromatic nitrogens is 1. The number of nitrogens with zero attached hydrogens (tertiary/aromatic N) is 2. The molecule has 6 nitrogen and oxygen atoms in total. The van der Waals surface area contributed by atoms with Gasteiger partial charge in [0.05, 0.1) is 24.1 Å². The number of aryl methyl sites for hydroxylation is 1. The fourth-order valence-electron chi connectivity index (χ4n) is 5.48. The van der Waals surface area contributed by atoms with E-state index in [1.165, 1.54) is 0 Å². The molecular formula is C29H34N2O4. The van der Waals surface area contributed by atoms with Gasteiger partial charge in [-0.2, -0.15) is 0 Å². The van der Waals surface area contributed by atoms with Crippen LogP contribution in [0.3, 0.4) is 0 Å². The van der Waals surface area contributed by atoms with E-state index in [0.29, 0.717) is 29.8 Å². The van der Waals surface area contributed by atoms with Crippen LogP contribution >= 0.6 is 0 Å². The van der Waals surface area contributed by atoms with E-state index >= 15 is 0 Å². The highest BCUT2D eigenvalue weighted by molar-refractivity contribution is 6.17. The van der Waals surface area contributed by atoms with Crippen LogP contribution in [0, 0.1) is 24.7 Å². The SMILES string of the molecule is Cc1cccc(N2C(=O)C3=C(C(=O)C4CC(C)CCC4O3)C2c2cccc(OCCC(C)C)c2)n1. The number of ketones is 1. The van der Waals surface area contributed by atoms with E-state index in [2.05, 4.69) is 25.8 Å². The molecule has 1 saturated carbocycles. The summed E-state index contributed by atoms with van der Waals surface area (Å²) in [6, 6.07) is 12.7. The van der Waals surface area contributed by atoms with Crippen molar-refractivity contribution < 1.29 is 19.1 Å². The van der Waals surface area contributed by atoms with Gasteiger partial charge < -0.3 is 9.47 Å². The first-order valence-corrected chi connectivity index (χ1v) is 12.8. The zero-order valence-corrected chi connectivity index (χ0v) is 21.0. The number of anilines is 1. The van der Waals surface area contributed by atoms with Gasteiger partial charge in [0.25, 0.3) is 5.91 Å². The molecule has 35 heavy (non-hydrogen) atoms. The molecule has 2 aliphatic heterocycles. The second kappa shape index (κ2) is 9.48. The number of carbonyl (C=O) groups is 2. The molecule has 1 aromatic carbocycles. The van der Waals surface area contributed by atoms with Crippen LogP contribution in [0.15, 0.2) is 53.8 Å². The highest BCUT2D eigenvalue weighted by Crippen LogP contribution is 2.48. The van der Waals surface area contributed by atoms with E-state index in [4.69, 9.17) is 9.47 Å². The standard InChI is InChI=1S/C29H34N2O4/c1-17(2)13-14-34-21-9-6-8-20(16-21)26-25-27(32)22-15-18(3)11-12-23(22)35-28(25)29(33)31(26)24-10-5-7-19(4)30-24/h5-10,16-18,22-23,26H,11-15H2,1-4H3. The first kappa shape index (κ1) is 23.6. The minimum atomic E-state index is -0.592. The quantitative estimate of drug-likeness (QED) is 0.548. The average molecular weight is 475 g/mol. The summed E-state index contributed by atoms with van der Waals surface area (Å²) < 4.78 is 12.3. The van der Waals surface area contributed by atoms with Gasteiger partial charge in [0, 0.05) is 5.69 Å². The van der Waals surface area contributed by atoms with Crippen LogP contribution < -0.4 is 9.64 Å². The predicted molar refractivity (Wildman–Crippen MR) is 134 cm³/mol. The number of hydrogen-bond acceptors (Lipinski definition) is 5. The molecule has 3 heterocycles. The number of carbonyl (C=O) groups excluding carboxylic acids is 2. The second-order valence-corrected chi connectivity index (χ2v) is 10.6. The van der Waals surface area contributed by atoms with Crippen molar-refractivity contribution in [3.63, 3.8) is 0 Å². The Morgan fingerprint density at radius 2 is 1.94 bits per heavy atom. The van der Waals surface area contributed by atoms with Gasteiger partial charge in [0.15, 0.2) is 11.5 Å². The van der Waals surface area contributed by atoms with Gasteiger partial charge in [-0.3, -0.25) is 14.5 Å². The van der Waals surface area contributed by atoms with Crippen molar-refractivity contribution in [2.45, 2.75) is 65.5 Å². The van der Waals surface area contributed by atoms with Gasteiger partial charge in [0.2, 0.25) is 0 Å². The number of ether oxygens (including phenoxy) is 2. The number of hydrogen-bond donors (Lipinski definition) is 0. The Balaban J connectivity index is 1.57. The molecule has 1 aromatic heterocycles.